The summed E-state index contributed by atoms with van der Waals surface area (Å²) in [6.07, 6.45) is 5.76. The van der Waals surface area contributed by atoms with Crippen LogP contribution in [0.2, 0.25) is 0 Å². The van der Waals surface area contributed by atoms with Crippen molar-refractivity contribution in [3.63, 3.8) is 0 Å². The van der Waals surface area contributed by atoms with Crippen molar-refractivity contribution in [2.75, 3.05) is 19.8 Å². The minimum atomic E-state index is -1.06. The number of nitrogens with zero attached hydrogens (tertiary/aromatic N) is 1. The van der Waals surface area contributed by atoms with Gasteiger partial charge in [0, 0.05) is 37.6 Å². The number of aromatic nitrogens is 1. The Bertz CT molecular complexity index is 536. The lowest BCUT2D eigenvalue weighted by Crippen LogP contribution is -2.33. The molecule has 21 heavy (non-hydrogen) atoms. The molecule has 0 spiro atoms. The summed E-state index contributed by atoms with van der Waals surface area (Å²) in [4.78, 5) is 26.8. The minimum absolute atomic E-state index is 0.238. The van der Waals surface area contributed by atoms with E-state index in [1.54, 1.807) is 12.1 Å². The summed E-state index contributed by atoms with van der Waals surface area (Å²) >= 11 is 0. The van der Waals surface area contributed by atoms with E-state index in [0.29, 0.717) is 18.0 Å². The SMILES string of the molecule is O=C(O)/C=C/c1cccnc1C(=O)NCC1CCOCC1. The standard InChI is InChI=1S/C15H18N2O4/c18-13(19)4-3-12-2-1-7-16-14(12)15(20)17-10-11-5-8-21-9-6-11/h1-4,7,11H,5-6,8-10H2,(H,17,20)(H,18,19)/b4-3+. The van der Waals surface area contributed by atoms with Gasteiger partial charge in [0.2, 0.25) is 0 Å². The highest BCUT2D eigenvalue weighted by Gasteiger charge is 2.16. The molecule has 1 saturated heterocycles. The fourth-order valence-electron chi connectivity index (χ4n) is 2.17. The van der Waals surface area contributed by atoms with Crippen molar-refractivity contribution in [3.8, 4) is 0 Å². The quantitative estimate of drug-likeness (QED) is 0.799. The van der Waals surface area contributed by atoms with E-state index < -0.39 is 5.97 Å². The smallest absolute Gasteiger partial charge is 0.328 e. The topological polar surface area (TPSA) is 88.5 Å². The molecule has 112 valence electrons. The van der Waals surface area contributed by atoms with Crippen LogP contribution in [0.5, 0.6) is 0 Å². The number of aliphatic carboxylic acids is 1. The molecule has 1 fully saturated rings. The van der Waals surface area contributed by atoms with E-state index in [0.717, 1.165) is 32.1 Å². The average Bonchev–Trinajstić information content (AvgIpc) is 2.52. The number of hydrogen-bond acceptors (Lipinski definition) is 4. The molecule has 1 aliphatic heterocycles. The molecule has 0 bridgehead atoms. The lowest BCUT2D eigenvalue weighted by atomic mass is 10.0. The highest BCUT2D eigenvalue weighted by atomic mass is 16.5. The third-order valence-electron chi connectivity index (χ3n) is 3.35. The molecule has 0 aromatic carbocycles. The number of carboxylic acid groups (broad SMARTS) is 1. The van der Waals surface area contributed by atoms with E-state index in [4.69, 9.17) is 9.84 Å². The first-order valence-corrected chi connectivity index (χ1v) is 6.89. The second-order valence-corrected chi connectivity index (χ2v) is 4.88. The van der Waals surface area contributed by atoms with Gasteiger partial charge in [-0.05, 0) is 30.9 Å². The molecule has 1 amide bonds. The van der Waals surface area contributed by atoms with Crippen molar-refractivity contribution in [3.05, 3.63) is 35.7 Å². The zero-order chi connectivity index (χ0) is 15.1. The first-order chi connectivity index (χ1) is 10.2. The second kappa shape index (κ2) is 7.54. The fraction of sp³-hybridized carbons (Fsp3) is 0.400. The zero-order valence-corrected chi connectivity index (χ0v) is 11.6. The Morgan fingerprint density at radius 1 is 1.43 bits per heavy atom. The summed E-state index contributed by atoms with van der Waals surface area (Å²) in [6.45, 7) is 2.05. The summed E-state index contributed by atoms with van der Waals surface area (Å²) < 4.78 is 5.27. The van der Waals surface area contributed by atoms with Gasteiger partial charge in [-0.25, -0.2) is 4.79 Å². The Kier molecular flexibility index (Phi) is 5.45. The van der Waals surface area contributed by atoms with E-state index in [1.165, 1.54) is 12.3 Å². The molecule has 6 heteroatoms. The van der Waals surface area contributed by atoms with Gasteiger partial charge < -0.3 is 15.2 Å². The highest BCUT2D eigenvalue weighted by molar-refractivity contribution is 5.97. The van der Waals surface area contributed by atoms with Crippen molar-refractivity contribution >= 4 is 18.0 Å². The van der Waals surface area contributed by atoms with Crippen LogP contribution in [-0.4, -0.2) is 41.7 Å². The second-order valence-electron chi connectivity index (χ2n) is 4.88. The number of carbonyl (C=O) groups is 2. The van der Waals surface area contributed by atoms with Crippen molar-refractivity contribution in [1.82, 2.24) is 10.3 Å². The Balaban J connectivity index is 1.99. The monoisotopic (exact) mass is 290 g/mol. The summed E-state index contributed by atoms with van der Waals surface area (Å²) in [6, 6.07) is 3.33. The van der Waals surface area contributed by atoms with Crippen LogP contribution >= 0.6 is 0 Å². The Morgan fingerprint density at radius 2 is 2.19 bits per heavy atom. The molecule has 0 unspecified atom stereocenters. The number of rotatable bonds is 5. The number of hydrogen-bond donors (Lipinski definition) is 2. The molecular formula is C15H18N2O4. The van der Waals surface area contributed by atoms with Gasteiger partial charge in [-0.2, -0.15) is 0 Å². The summed E-state index contributed by atoms with van der Waals surface area (Å²) in [7, 11) is 0. The normalized spacial score (nSPS) is 16.0. The van der Waals surface area contributed by atoms with E-state index in [9.17, 15) is 9.59 Å². The van der Waals surface area contributed by atoms with Crippen LogP contribution in [0.4, 0.5) is 0 Å². The Morgan fingerprint density at radius 3 is 2.90 bits per heavy atom. The molecule has 2 rings (SSSR count). The molecule has 1 aliphatic rings. The molecule has 0 saturated carbocycles. The third-order valence-corrected chi connectivity index (χ3v) is 3.35. The molecule has 0 aliphatic carbocycles. The van der Waals surface area contributed by atoms with Crippen LogP contribution in [0.15, 0.2) is 24.4 Å². The molecule has 0 radical (unpaired) electrons. The van der Waals surface area contributed by atoms with Gasteiger partial charge in [0.25, 0.3) is 5.91 Å². The summed E-state index contributed by atoms with van der Waals surface area (Å²) in [5.41, 5.74) is 0.728. The van der Waals surface area contributed by atoms with Crippen molar-refractivity contribution in [2.24, 2.45) is 5.92 Å². The largest absolute Gasteiger partial charge is 0.478 e. The predicted octanol–water partition coefficient (Wildman–Crippen LogP) is 1.34. The predicted molar refractivity (Wildman–Crippen MR) is 76.8 cm³/mol. The van der Waals surface area contributed by atoms with Crippen LogP contribution in [0, 0.1) is 5.92 Å². The average molecular weight is 290 g/mol. The number of pyridine rings is 1. The maximum absolute atomic E-state index is 12.2. The molecular weight excluding hydrogens is 272 g/mol. The molecule has 1 aromatic heterocycles. The van der Waals surface area contributed by atoms with Crippen LogP contribution in [0.25, 0.3) is 6.08 Å². The Hall–Kier alpha value is -2.21. The van der Waals surface area contributed by atoms with Crippen LogP contribution in [-0.2, 0) is 9.53 Å². The summed E-state index contributed by atoms with van der Waals surface area (Å²) in [5.74, 6) is -0.927. The lowest BCUT2D eigenvalue weighted by molar-refractivity contribution is -0.131. The number of nitrogens with one attached hydrogen (secondary N) is 1. The maximum Gasteiger partial charge on any atom is 0.328 e. The van der Waals surface area contributed by atoms with E-state index >= 15 is 0 Å². The summed E-state index contributed by atoms with van der Waals surface area (Å²) in [5, 5.41) is 11.5. The lowest BCUT2D eigenvalue weighted by Gasteiger charge is -2.22. The number of carboxylic acids is 1. The van der Waals surface area contributed by atoms with E-state index in [1.807, 2.05) is 0 Å². The molecule has 6 nitrogen and oxygen atoms in total. The highest BCUT2D eigenvalue weighted by Crippen LogP contribution is 2.14. The Labute approximate surface area is 122 Å². The van der Waals surface area contributed by atoms with Crippen molar-refractivity contribution < 1.29 is 19.4 Å². The van der Waals surface area contributed by atoms with Gasteiger partial charge >= 0.3 is 5.97 Å². The third kappa shape index (κ3) is 4.68. The van der Waals surface area contributed by atoms with Crippen molar-refractivity contribution in [1.29, 1.82) is 0 Å². The molecule has 2 heterocycles. The van der Waals surface area contributed by atoms with Gasteiger partial charge in [-0.3, -0.25) is 9.78 Å². The number of carbonyl (C=O) groups excluding carboxylic acids is 1. The molecule has 1 aromatic rings. The minimum Gasteiger partial charge on any atom is -0.478 e. The fourth-order valence-corrected chi connectivity index (χ4v) is 2.17. The van der Waals surface area contributed by atoms with Gasteiger partial charge in [0.05, 0.1) is 0 Å². The molecule has 0 atom stereocenters. The van der Waals surface area contributed by atoms with Gasteiger partial charge in [-0.1, -0.05) is 6.07 Å². The molecule has 2 N–H and O–H groups in total. The van der Waals surface area contributed by atoms with Crippen LogP contribution in [0.3, 0.4) is 0 Å². The number of ether oxygens (including phenoxy) is 1. The van der Waals surface area contributed by atoms with Crippen LogP contribution in [0.1, 0.15) is 28.9 Å². The van der Waals surface area contributed by atoms with Gasteiger partial charge in [-0.15, -0.1) is 0 Å². The van der Waals surface area contributed by atoms with E-state index in [-0.39, 0.29) is 11.6 Å². The van der Waals surface area contributed by atoms with Crippen molar-refractivity contribution in [2.45, 2.75) is 12.8 Å². The van der Waals surface area contributed by atoms with Crippen LogP contribution < -0.4 is 5.32 Å². The van der Waals surface area contributed by atoms with E-state index in [2.05, 4.69) is 10.3 Å². The maximum atomic E-state index is 12.2. The number of amides is 1. The zero-order valence-electron chi connectivity index (χ0n) is 11.6. The first kappa shape index (κ1) is 15.2. The first-order valence-electron chi connectivity index (χ1n) is 6.89. The van der Waals surface area contributed by atoms with Gasteiger partial charge in [0.15, 0.2) is 0 Å². The van der Waals surface area contributed by atoms with Gasteiger partial charge in [0.1, 0.15) is 5.69 Å².